The zero-order valence-corrected chi connectivity index (χ0v) is 10.5. The van der Waals surface area contributed by atoms with E-state index in [2.05, 4.69) is 0 Å². The zero-order chi connectivity index (χ0) is 11.1. The maximum Gasteiger partial charge on any atom is 0.221 e. The third-order valence-electron chi connectivity index (χ3n) is 2.65. The minimum Gasteiger partial charge on any atom is -0.343 e. The van der Waals surface area contributed by atoms with E-state index in [9.17, 15) is 4.57 Å². The number of hydrogen-bond donors (Lipinski definition) is 0. The highest BCUT2D eigenvalue weighted by Gasteiger charge is 2.40. The average molecular weight is 240 g/mol. The molecule has 2 rings (SSSR count). The number of thiocarbonyl (C=S) groups is 1. The van der Waals surface area contributed by atoms with Gasteiger partial charge in [0.2, 0.25) is 7.29 Å². The second-order valence-electron chi connectivity index (χ2n) is 3.68. The predicted molar refractivity (Wildman–Crippen MR) is 66.7 cm³/mol. The lowest BCUT2D eigenvalue weighted by molar-refractivity contribution is 0.556. The van der Waals surface area contributed by atoms with Crippen molar-refractivity contribution in [2.24, 2.45) is 0 Å². The van der Waals surface area contributed by atoms with E-state index in [-0.39, 0.29) is 0 Å². The summed E-state index contributed by atoms with van der Waals surface area (Å²) in [6, 6.07) is 9.54. The summed E-state index contributed by atoms with van der Waals surface area (Å²) >= 11 is 5.19. The molecule has 1 aliphatic rings. The van der Waals surface area contributed by atoms with Crippen LogP contribution in [0.5, 0.6) is 0 Å². The van der Waals surface area contributed by atoms with E-state index in [4.69, 9.17) is 12.2 Å². The molecule has 1 heterocycles. The summed E-state index contributed by atoms with van der Waals surface area (Å²) in [5.41, 5.74) is 0. The monoisotopic (exact) mass is 240 g/mol. The molecule has 0 amide bonds. The van der Waals surface area contributed by atoms with Crippen molar-refractivity contribution < 1.29 is 4.57 Å². The number of rotatable bonds is 1. The van der Waals surface area contributed by atoms with Crippen molar-refractivity contribution >= 4 is 29.9 Å². The van der Waals surface area contributed by atoms with E-state index in [1.807, 2.05) is 42.3 Å². The molecule has 0 N–H and O–H groups in total. The molecule has 0 aromatic heterocycles. The van der Waals surface area contributed by atoms with Gasteiger partial charge in [-0.3, -0.25) is 9.24 Å². The van der Waals surface area contributed by atoms with E-state index in [0.29, 0.717) is 11.4 Å². The molecule has 1 aliphatic heterocycles. The normalized spacial score (nSPS) is 26.1. The summed E-state index contributed by atoms with van der Waals surface area (Å²) in [7, 11) is 1.17. The van der Waals surface area contributed by atoms with Crippen LogP contribution in [0.4, 0.5) is 0 Å². The highest BCUT2D eigenvalue weighted by atomic mass is 32.1. The Balaban J connectivity index is 2.46. The van der Waals surface area contributed by atoms with Crippen LogP contribution in [-0.2, 0) is 4.57 Å². The van der Waals surface area contributed by atoms with Crippen LogP contribution < -0.4 is 5.30 Å². The number of hydrogen-bond acceptors (Lipinski definition) is 2. The summed E-state index contributed by atoms with van der Waals surface area (Å²) < 4.78 is 14.5. The van der Waals surface area contributed by atoms with Gasteiger partial charge in [-0.05, 0) is 24.4 Å². The Bertz CT molecular complexity index is 434. The molecule has 1 fully saturated rings. The summed E-state index contributed by atoms with van der Waals surface area (Å²) in [5, 5.41) is 1.53. The Labute approximate surface area is 95.1 Å². The maximum absolute atomic E-state index is 12.8. The Hall–Kier alpha value is -0.860. The minimum atomic E-state index is -2.51. The Kier molecular flexibility index (Phi) is 2.57. The van der Waals surface area contributed by atoms with Crippen LogP contribution >= 0.6 is 19.5 Å². The molecule has 80 valence electrons. The molecule has 0 saturated carbocycles. The van der Waals surface area contributed by atoms with Crippen LogP contribution in [0, 0.1) is 0 Å². The van der Waals surface area contributed by atoms with Gasteiger partial charge in [0, 0.05) is 19.4 Å². The van der Waals surface area contributed by atoms with Gasteiger partial charge in [0.25, 0.3) is 0 Å². The van der Waals surface area contributed by atoms with Crippen molar-refractivity contribution in [3.8, 4) is 0 Å². The molecular formula is C10H13N2OPS. The quantitative estimate of drug-likeness (QED) is 0.551. The molecule has 1 unspecified atom stereocenters. The number of nitrogens with zero attached hydrogens (tertiary/aromatic N) is 2. The molecule has 0 spiro atoms. The third-order valence-corrected chi connectivity index (χ3v) is 6.44. The molecule has 15 heavy (non-hydrogen) atoms. The smallest absolute Gasteiger partial charge is 0.221 e. The molecule has 3 nitrogen and oxygen atoms in total. The van der Waals surface area contributed by atoms with Crippen molar-refractivity contribution in [1.82, 2.24) is 9.57 Å². The molecule has 1 aromatic carbocycles. The van der Waals surface area contributed by atoms with Gasteiger partial charge in [-0.2, -0.15) is 0 Å². The molecule has 1 aromatic rings. The molecule has 1 saturated heterocycles. The molecule has 0 aliphatic carbocycles. The second-order valence-corrected chi connectivity index (χ2v) is 6.85. The Morgan fingerprint density at radius 1 is 1.27 bits per heavy atom. The van der Waals surface area contributed by atoms with E-state index < -0.39 is 7.29 Å². The second kappa shape index (κ2) is 3.62. The Morgan fingerprint density at radius 2 is 1.87 bits per heavy atom. The summed E-state index contributed by atoms with van der Waals surface area (Å²) in [4.78, 5) is 1.86. The molecule has 5 heteroatoms. The van der Waals surface area contributed by atoms with Crippen LogP contribution in [0.2, 0.25) is 0 Å². The lowest BCUT2D eigenvalue weighted by atomic mass is 10.4. The van der Waals surface area contributed by atoms with Gasteiger partial charge in [0.15, 0.2) is 5.11 Å². The predicted octanol–water partition coefficient (Wildman–Crippen LogP) is 1.71. The number of benzene rings is 1. The van der Waals surface area contributed by atoms with E-state index in [0.717, 1.165) is 5.30 Å². The first kappa shape index (κ1) is 10.7. The van der Waals surface area contributed by atoms with Gasteiger partial charge in [-0.15, -0.1) is 0 Å². The summed E-state index contributed by atoms with van der Waals surface area (Å²) in [6.07, 6.45) is 0.506. The van der Waals surface area contributed by atoms with E-state index in [1.165, 1.54) is 0 Å². The molecule has 0 bridgehead atoms. The first-order valence-electron chi connectivity index (χ1n) is 4.70. The van der Waals surface area contributed by atoms with Gasteiger partial charge in [-0.25, -0.2) is 0 Å². The maximum atomic E-state index is 12.8. The van der Waals surface area contributed by atoms with Crippen LogP contribution in [0.3, 0.4) is 0 Å². The standard InChI is InChI=1S/C10H13N2OPS/c1-11-8-14(13,12(2)10(11)15)9-6-4-3-5-7-9/h3-7H,8H2,1-2H3. The lowest BCUT2D eigenvalue weighted by Crippen LogP contribution is -2.25. The molecular weight excluding hydrogens is 227 g/mol. The van der Waals surface area contributed by atoms with Crippen molar-refractivity contribution in [3.63, 3.8) is 0 Å². The topological polar surface area (TPSA) is 23.6 Å². The highest BCUT2D eigenvalue weighted by molar-refractivity contribution is 7.82. The van der Waals surface area contributed by atoms with Crippen molar-refractivity contribution in [2.75, 3.05) is 20.4 Å². The van der Waals surface area contributed by atoms with Gasteiger partial charge in [-0.1, -0.05) is 18.2 Å². The molecule has 1 atom stereocenters. The van der Waals surface area contributed by atoms with Crippen molar-refractivity contribution in [1.29, 1.82) is 0 Å². The minimum absolute atomic E-state index is 0.506. The fourth-order valence-corrected chi connectivity index (χ4v) is 4.78. The largest absolute Gasteiger partial charge is 0.343 e. The van der Waals surface area contributed by atoms with Crippen molar-refractivity contribution in [3.05, 3.63) is 30.3 Å². The first-order chi connectivity index (χ1) is 7.05. The fraction of sp³-hybridized carbons (Fsp3) is 0.300. The fourth-order valence-electron chi connectivity index (χ4n) is 1.74. The zero-order valence-electron chi connectivity index (χ0n) is 8.75. The van der Waals surface area contributed by atoms with Crippen LogP contribution in [0.25, 0.3) is 0 Å². The van der Waals surface area contributed by atoms with Crippen LogP contribution in [0.15, 0.2) is 30.3 Å². The molecule has 0 radical (unpaired) electrons. The van der Waals surface area contributed by atoms with Gasteiger partial charge >= 0.3 is 0 Å². The van der Waals surface area contributed by atoms with Gasteiger partial charge in [0.1, 0.15) is 0 Å². The average Bonchev–Trinajstić information content (AvgIpc) is 2.45. The summed E-state index contributed by atoms with van der Waals surface area (Å²) in [6.45, 7) is 0. The lowest BCUT2D eigenvalue weighted by Gasteiger charge is -2.20. The summed E-state index contributed by atoms with van der Waals surface area (Å²) in [5.74, 6) is 0. The van der Waals surface area contributed by atoms with Crippen LogP contribution in [-0.4, -0.2) is 35.1 Å². The highest BCUT2D eigenvalue weighted by Crippen LogP contribution is 2.52. The van der Waals surface area contributed by atoms with Crippen molar-refractivity contribution in [2.45, 2.75) is 0 Å². The van der Waals surface area contributed by atoms with Crippen LogP contribution in [0.1, 0.15) is 0 Å². The van der Waals surface area contributed by atoms with Gasteiger partial charge in [0.05, 0.1) is 6.29 Å². The van der Waals surface area contributed by atoms with E-state index in [1.54, 1.807) is 11.7 Å². The van der Waals surface area contributed by atoms with Gasteiger partial charge < -0.3 is 4.90 Å². The SMILES string of the molecule is CN1CP(=O)(c2ccccc2)N(C)C1=S. The Morgan fingerprint density at radius 3 is 2.33 bits per heavy atom. The first-order valence-corrected chi connectivity index (χ1v) is 6.95. The van der Waals surface area contributed by atoms with E-state index >= 15 is 0 Å². The third kappa shape index (κ3) is 1.58.